The number of hydrogen-bond acceptors (Lipinski definition) is 5. The van der Waals surface area contributed by atoms with Gasteiger partial charge in [0.1, 0.15) is 10.8 Å². The molecule has 0 unspecified atom stereocenters. The van der Waals surface area contributed by atoms with Crippen LogP contribution in [0.25, 0.3) is 0 Å². The van der Waals surface area contributed by atoms with E-state index in [1.807, 2.05) is 44.2 Å². The Kier molecular flexibility index (Phi) is 6.55. The largest absolute Gasteiger partial charge is 0.436 e. The second kappa shape index (κ2) is 9.36. The summed E-state index contributed by atoms with van der Waals surface area (Å²) in [6.07, 6.45) is 0.515. The Morgan fingerprint density at radius 1 is 0.906 bits per heavy atom. The summed E-state index contributed by atoms with van der Waals surface area (Å²) in [5, 5.41) is 14.1. The fourth-order valence-electron chi connectivity index (χ4n) is 3.20. The molecule has 0 saturated heterocycles. The lowest BCUT2D eigenvalue weighted by Crippen LogP contribution is -2.01. The van der Waals surface area contributed by atoms with Crippen LogP contribution in [0.4, 0.5) is 0 Å². The van der Waals surface area contributed by atoms with Gasteiger partial charge < -0.3 is 9.47 Å². The lowest BCUT2D eigenvalue weighted by Gasteiger charge is -2.11. The van der Waals surface area contributed by atoms with Crippen molar-refractivity contribution in [2.75, 3.05) is 0 Å². The highest BCUT2D eigenvalue weighted by molar-refractivity contribution is 6.35. The molecule has 0 N–H and O–H groups in total. The Balaban J connectivity index is 1.59. The minimum Gasteiger partial charge on any atom is -0.436 e. The lowest BCUT2D eigenvalue weighted by atomic mass is 10.1. The van der Waals surface area contributed by atoms with E-state index in [-0.39, 0.29) is 16.8 Å². The van der Waals surface area contributed by atoms with Crippen molar-refractivity contribution in [1.29, 1.82) is 0 Å². The molecule has 2 heterocycles. The highest BCUT2D eigenvalue weighted by Crippen LogP contribution is 2.34. The van der Waals surface area contributed by atoms with Crippen LogP contribution in [0.3, 0.4) is 0 Å². The average Bonchev–Trinajstić information content (AvgIpc) is 3.00. The van der Waals surface area contributed by atoms with E-state index in [9.17, 15) is 0 Å². The molecular formula is C23H19Cl3N4O2. The number of rotatable bonds is 6. The van der Waals surface area contributed by atoms with E-state index in [2.05, 4.69) is 15.3 Å². The van der Waals surface area contributed by atoms with Crippen LogP contribution in [0.15, 0.2) is 48.5 Å². The number of para-hydroxylation sites is 1. The first-order valence-corrected chi connectivity index (χ1v) is 10.9. The zero-order valence-corrected chi connectivity index (χ0v) is 19.8. The van der Waals surface area contributed by atoms with Crippen molar-refractivity contribution in [2.24, 2.45) is 7.05 Å². The number of aryl methyl sites for hydroxylation is 3. The third kappa shape index (κ3) is 4.83. The van der Waals surface area contributed by atoms with Crippen LogP contribution in [0, 0.1) is 13.8 Å². The molecule has 0 fully saturated rings. The molecule has 0 bridgehead atoms. The molecule has 0 aliphatic heterocycles. The van der Waals surface area contributed by atoms with Gasteiger partial charge in [-0.1, -0.05) is 59.1 Å². The molecule has 0 atom stereocenters. The molecule has 0 spiro atoms. The molecule has 0 aliphatic carbocycles. The predicted molar refractivity (Wildman–Crippen MR) is 126 cm³/mol. The van der Waals surface area contributed by atoms with Crippen LogP contribution in [0.5, 0.6) is 23.4 Å². The first-order valence-electron chi connectivity index (χ1n) is 9.72. The molecule has 9 heteroatoms. The standard InChI is InChI=1S/C23H19Cl3N4O2/c1-13-6-4-5-7-20(13)31-22-19(26)12-21(27-28-22)32-23-17(14(2)29-30(23)3)10-15-8-9-16(24)11-18(15)25/h4-9,11-12H,10H2,1-3H3. The first-order chi connectivity index (χ1) is 15.3. The van der Waals surface area contributed by atoms with Gasteiger partial charge in [0.05, 0.1) is 5.69 Å². The minimum absolute atomic E-state index is 0.197. The molecule has 2 aromatic carbocycles. The van der Waals surface area contributed by atoms with Crippen molar-refractivity contribution >= 4 is 34.8 Å². The zero-order chi connectivity index (χ0) is 22.8. The molecule has 0 radical (unpaired) electrons. The van der Waals surface area contributed by atoms with Gasteiger partial charge in [-0.15, -0.1) is 10.2 Å². The number of halogens is 3. The smallest absolute Gasteiger partial charge is 0.258 e. The summed E-state index contributed by atoms with van der Waals surface area (Å²) >= 11 is 18.8. The molecule has 0 saturated carbocycles. The quantitative estimate of drug-likeness (QED) is 0.293. The summed E-state index contributed by atoms with van der Waals surface area (Å²) in [5.41, 5.74) is 3.55. The number of aromatic nitrogens is 4. The van der Waals surface area contributed by atoms with Crippen LogP contribution in [-0.2, 0) is 13.5 Å². The molecule has 4 rings (SSSR count). The normalized spacial score (nSPS) is 10.9. The van der Waals surface area contributed by atoms with Gasteiger partial charge in [0.2, 0.25) is 11.8 Å². The van der Waals surface area contributed by atoms with Gasteiger partial charge in [-0.05, 0) is 43.2 Å². The van der Waals surface area contributed by atoms with E-state index >= 15 is 0 Å². The van der Waals surface area contributed by atoms with E-state index in [1.165, 1.54) is 0 Å². The van der Waals surface area contributed by atoms with Gasteiger partial charge in [0.15, 0.2) is 0 Å². The van der Waals surface area contributed by atoms with Gasteiger partial charge in [-0.3, -0.25) is 0 Å². The van der Waals surface area contributed by atoms with Crippen LogP contribution in [-0.4, -0.2) is 20.0 Å². The summed E-state index contributed by atoms with van der Waals surface area (Å²) in [4.78, 5) is 0. The number of ether oxygens (including phenoxy) is 2. The van der Waals surface area contributed by atoms with Crippen molar-refractivity contribution < 1.29 is 9.47 Å². The Morgan fingerprint density at radius 2 is 1.69 bits per heavy atom. The maximum atomic E-state index is 6.39. The Morgan fingerprint density at radius 3 is 2.41 bits per heavy atom. The maximum absolute atomic E-state index is 6.39. The van der Waals surface area contributed by atoms with E-state index < -0.39 is 0 Å². The molecule has 32 heavy (non-hydrogen) atoms. The van der Waals surface area contributed by atoms with E-state index in [1.54, 1.807) is 29.9 Å². The number of nitrogens with zero attached hydrogens (tertiary/aromatic N) is 4. The van der Waals surface area contributed by atoms with Gasteiger partial charge in [0.25, 0.3) is 5.88 Å². The molecule has 2 aromatic heterocycles. The van der Waals surface area contributed by atoms with Crippen molar-refractivity contribution in [1.82, 2.24) is 20.0 Å². The average molecular weight is 490 g/mol. The van der Waals surface area contributed by atoms with E-state index in [0.717, 1.165) is 22.4 Å². The summed E-state index contributed by atoms with van der Waals surface area (Å²) in [5.74, 6) is 1.59. The number of hydrogen-bond donors (Lipinski definition) is 0. The predicted octanol–water partition coefficient (Wildman–Crippen LogP) is 6.96. The monoisotopic (exact) mass is 488 g/mol. The van der Waals surface area contributed by atoms with Crippen molar-refractivity contribution in [3.8, 4) is 23.4 Å². The van der Waals surface area contributed by atoms with E-state index in [0.29, 0.717) is 28.1 Å². The molecule has 0 amide bonds. The van der Waals surface area contributed by atoms with E-state index in [4.69, 9.17) is 44.3 Å². The van der Waals surface area contributed by atoms with Crippen LogP contribution >= 0.6 is 34.8 Å². The molecule has 6 nitrogen and oxygen atoms in total. The SMILES string of the molecule is Cc1ccccc1Oc1nnc(Oc2c(Cc3ccc(Cl)cc3Cl)c(C)nn2C)cc1Cl. The van der Waals surface area contributed by atoms with Gasteiger partial charge in [0, 0.05) is 35.1 Å². The fraction of sp³-hybridized carbons (Fsp3) is 0.174. The third-order valence-corrected chi connectivity index (χ3v) is 5.72. The van der Waals surface area contributed by atoms with Gasteiger partial charge >= 0.3 is 0 Å². The molecular weight excluding hydrogens is 471 g/mol. The second-order valence-electron chi connectivity index (χ2n) is 7.21. The third-order valence-electron chi connectivity index (χ3n) is 4.87. The van der Waals surface area contributed by atoms with Gasteiger partial charge in [-0.2, -0.15) is 5.10 Å². The Labute approximate surface area is 200 Å². The summed E-state index contributed by atoms with van der Waals surface area (Å²) in [6.45, 7) is 3.84. The van der Waals surface area contributed by atoms with Crippen LogP contribution in [0.2, 0.25) is 15.1 Å². The summed E-state index contributed by atoms with van der Waals surface area (Å²) in [7, 11) is 1.79. The fourth-order valence-corrected chi connectivity index (χ4v) is 3.85. The van der Waals surface area contributed by atoms with Gasteiger partial charge in [-0.25, -0.2) is 4.68 Å². The first kappa shape index (κ1) is 22.4. The summed E-state index contributed by atoms with van der Waals surface area (Å²) < 4.78 is 13.5. The van der Waals surface area contributed by atoms with Crippen molar-refractivity contribution in [2.45, 2.75) is 20.3 Å². The molecule has 0 aliphatic rings. The second-order valence-corrected chi connectivity index (χ2v) is 8.46. The molecule has 4 aromatic rings. The topological polar surface area (TPSA) is 62.1 Å². The van der Waals surface area contributed by atoms with Crippen molar-refractivity contribution in [3.63, 3.8) is 0 Å². The lowest BCUT2D eigenvalue weighted by molar-refractivity contribution is 0.396. The highest BCUT2D eigenvalue weighted by atomic mass is 35.5. The Hall–Kier alpha value is -2.80. The summed E-state index contributed by atoms with van der Waals surface area (Å²) in [6, 6.07) is 14.5. The van der Waals surface area contributed by atoms with Crippen LogP contribution in [0.1, 0.15) is 22.4 Å². The maximum Gasteiger partial charge on any atom is 0.258 e. The van der Waals surface area contributed by atoms with Crippen molar-refractivity contribution in [3.05, 3.63) is 86.0 Å². The highest BCUT2D eigenvalue weighted by Gasteiger charge is 2.19. The molecule has 164 valence electrons. The number of benzene rings is 2. The zero-order valence-electron chi connectivity index (χ0n) is 17.6. The van der Waals surface area contributed by atoms with Crippen LogP contribution < -0.4 is 9.47 Å². The minimum atomic E-state index is 0.197. The Bertz CT molecular complexity index is 1290.